The molecule has 0 spiro atoms. The molecular weight excluding hydrogens is 316 g/mol. The maximum atomic E-state index is 12.3. The predicted octanol–water partition coefficient (Wildman–Crippen LogP) is 3.19. The van der Waals surface area contributed by atoms with E-state index in [1.807, 2.05) is 49.4 Å². The fourth-order valence-electron chi connectivity index (χ4n) is 2.35. The SMILES string of the molecule is CCCOc1ncccc1CNC(=O)c1cc(-c2ccccc2)n[nH]1. The molecule has 2 aromatic heterocycles. The largest absolute Gasteiger partial charge is 0.477 e. The Morgan fingerprint density at radius 3 is 2.84 bits per heavy atom. The first kappa shape index (κ1) is 16.7. The second-order valence-corrected chi connectivity index (χ2v) is 5.53. The highest BCUT2D eigenvalue weighted by molar-refractivity contribution is 5.93. The van der Waals surface area contributed by atoms with Crippen molar-refractivity contribution in [2.75, 3.05) is 6.61 Å². The summed E-state index contributed by atoms with van der Waals surface area (Å²) in [5.74, 6) is 0.333. The maximum Gasteiger partial charge on any atom is 0.269 e. The van der Waals surface area contributed by atoms with Crippen LogP contribution in [-0.2, 0) is 6.54 Å². The van der Waals surface area contributed by atoms with Crippen LogP contribution in [0.1, 0.15) is 29.4 Å². The number of hydrogen-bond donors (Lipinski definition) is 2. The molecule has 0 fully saturated rings. The zero-order chi connectivity index (χ0) is 17.5. The smallest absolute Gasteiger partial charge is 0.269 e. The van der Waals surface area contributed by atoms with Gasteiger partial charge < -0.3 is 10.1 Å². The third kappa shape index (κ3) is 4.23. The van der Waals surface area contributed by atoms with Crippen molar-refractivity contribution in [1.29, 1.82) is 0 Å². The Hall–Kier alpha value is -3.15. The second kappa shape index (κ2) is 8.10. The minimum Gasteiger partial charge on any atom is -0.477 e. The van der Waals surface area contributed by atoms with Crippen molar-refractivity contribution in [2.45, 2.75) is 19.9 Å². The van der Waals surface area contributed by atoms with E-state index in [9.17, 15) is 4.79 Å². The third-order valence-electron chi connectivity index (χ3n) is 3.62. The first-order valence-corrected chi connectivity index (χ1v) is 8.23. The van der Waals surface area contributed by atoms with Crippen molar-refractivity contribution >= 4 is 5.91 Å². The van der Waals surface area contributed by atoms with Gasteiger partial charge in [0.1, 0.15) is 5.69 Å². The molecule has 3 aromatic rings. The van der Waals surface area contributed by atoms with Gasteiger partial charge in [-0.15, -0.1) is 0 Å². The molecule has 0 saturated carbocycles. The molecule has 1 amide bonds. The van der Waals surface area contributed by atoms with Gasteiger partial charge in [-0.3, -0.25) is 9.89 Å². The summed E-state index contributed by atoms with van der Waals surface area (Å²) >= 11 is 0. The Morgan fingerprint density at radius 1 is 1.20 bits per heavy atom. The van der Waals surface area contributed by atoms with Crippen LogP contribution in [0.15, 0.2) is 54.7 Å². The van der Waals surface area contributed by atoms with Crippen LogP contribution in [0.3, 0.4) is 0 Å². The molecule has 25 heavy (non-hydrogen) atoms. The number of benzene rings is 1. The zero-order valence-electron chi connectivity index (χ0n) is 14.0. The summed E-state index contributed by atoms with van der Waals surface area (Å²) in [6.45, 7) is 2.97. The molecule has 1 aromatic carbocycles. The number of aromatic amines is 1. The Kier molecular flexibility index (Phi) is 5.41. The lowest BCUT2D eigenvalue weighted by Crippen LogP contribution is -2.23. The topological polar surface area (TPSA) is 79.9 Å². The Labute approximate surface area is 146 Å². The van der Waals surface area contributed by atoms with Crippen molar-refractivity contribution in [1.82, 2.24) is 20.5 Å². The van der Waals surface area contributed by atoms with Gasteiger partial charge in [-0.2, -0.15) is 5.10 Å². The van der Waals surface area contributed by atoms with Crippen LogP contribution in [0, 0.1) is 0 Å². The highest BCUT2D eigenvalue weighted by Crippen LogP contribution is 2.17. The van der Waals surface area contributed by atoms with E-state index in [1.165, 1.54) is 0 Å². The fourth-order valence-corrected chi connectivity index (χ4v) is 2.35. The van der Waals surface area contributed by atoms with Gasteiger partial charge in [0.25, 0.3) is 5.91 Å². The molecule has 6 heteroatoms. The molecule has 0 aliphatic carbocycles. The summed E-state index contributed by atoms with van der Waals surface area (Å²) in [5.41, 5.74) is 2.95. The van der Waals surface area contributed by atoms with E-state index < -0.39 is 0 Å². The molecule has 3 rings (SSSR count). The van der Waals surface area contributed by atoms with Crippen LogP contribution < -0.4 is 10.1 Å². The van der Waals surface area contributed by atoms with Crippen LogP contribution in [0.25, 0.3) is 11.3 Å². The minimum atomic E-state index is -0.222. The van der Waals surface area contributed by atoms with Gasteiger partial charge in [0, 0.05) is 23.9 Å². The van der Waals surface area contributed by atoms with Crippen LogP contribution in [0.4, 0.5) is 0 Å². The van der Waals surface area contributed by atoms with Gasteiger partial charge in [0.05, 0.1) is 12.3 Å². The van der Waals surface area contributed by atoms with Crippen LogP contribution in [0.2, 0.25) is 0 Å². The van der Waals surface area contributed by atoms with Gasteiger partial charge in [-0.1, -0.05) is 43.3 Å². The van der Waals surface area contributed by atoms with E-state index in [0.717, 1.165) is 23.2 Å². The van der Waals surface area contributed by atoms with E-state index in [1.54, 1.807) is 12.3 Å². The van der Waals surface area contributed by atoms with Crippen LogP contribution in [-0.4, -0.2) is 27.7 Å². The number of nitrogens with zero attached hydrogens (tertiary/aromatic N) is 2. The Balaban J connectivity index is 1.65. The first-order chi connectivity index (χ1) is 12.3. The number of H-pyrrole nitrogens is 1. The van der Waals surface area contributed by atoms with Crippen LogP contribution >= 0.6 is 0 Å². The monoisotopic (exact) mass is 336 g/mol. The highest BCUT2D eigenvalue weighted by Gasteiger charge is 2.12. The van der Waals surface area contributed by atoms with Gasteiger partial charge in [-0.25, -0.2) is 4.98 Å². The molecule has 2 heterocycles. The summed E-state index contributed by atoms with van der Waals surface area (Å²) < 4.78 is 5.60. The molecule has 0 atom stereocenters. The van der Waals surface area contributed by atoms with Gasteiger partial charge in [-0.05, 0) is 18.6 Å². The lowest BCUT2D eigenvalue weighted by atomic mass is 10.1. The number of pyridine rings is 1. The summed E-state index contributed by atoms with van der Waals surface area (Å²) in [5, 5.41) is 9.84. The average Bonchev–Trinajstić information content (AvgIpc) is 3.16. The molecule has 128 valence electrons. The second-order valence-electron chi connectivity index (χ2n) is 5.53. The summed E-state index contributed by atoms with van der Waals surface area (Å²) in [6.07, 6.45) is 2.58. The molecule has 0 aliphatic heterocycles. The summed E-state index contributed by atoms with van der Waals surface area (Å²) in [4.78, 5) is 16.6. The number of aromatic nitrogens is 3. The number of amides is 1. The van der Waals surface area contributed by atoms with E-state index in [2.05, 4.69) is 20.5 Å². The number of rotatable bonds is 7. The van der Waals surface area contributed by atoms with Gasteiger partial charge in [0.2, 0.25) is 5.88 Å². The maximum absolute atomic E-state index is 12.3. The fraction of sp³-hybridized carbons (Fsp3) is 0.211. The Morgan fingerprint density at radius 2 is 2.04 bits per heavy atom. The van der Waals surface area contributed by atoms with E-state index in [4.69, 9.17) is 4.74 Å². The molecule has 0 radical (unpaired) electrons. The van der Waals surface area contributed by atoms with Gasteiger partial charge in [0.15, 0.2) is 0 Å². The molecule has 0 aliphatic rings. The lowest BCUT2D eigenvalue weighted by molar-refractivity contribution is 0.0945. The van der Waals surface area contributed by atoms with Crippen molar-refractivity contribution in [3.05, 3.63) is 66.0 Å². The predicted molar refractivity (Wildman–Crippen MR) is 95.2 cm³/mol. The van der Waals surface area contributed by atoms with Crippen molar-refractivity contribution in [3.63, 3.8) is 0 Å². The molecular formula is C19H20N4O2. The Bertz CT molecular complexity index is 830. The number of carbonyl (C=O) groups is 1. The number of nitrogens with one attached hydrogen (secondary N) is 2. The number of hydrogen-bond acceptors (Lipinski definition) is 4. The lowest BCUT2D eigenvalue weighted by Gasteiger charge is -2.09. The summed E-state index contributed by atoms with van der Waals surface area (Å²) in [7, 11) is 0. The number of carbonyl (C=O) groups excluding carboxylic acids is 1. The van der Waals surface area contributed by atoms with E-state index >= 15 is 0 Å². The quantitative estimate of drug-likeness (QED) is 0.694. The van der Waals surface area contributed by atoms with Crippen molar-refractivity contribution in [2.24, 2.45) is 0 Å². The molecule has 2 N–H and O–H groups in total. The van der Waals surface area contributed by atoms with Crippen molar-refractivity contribution < 1.29 is 9.53 Å². The molecule has 0 unspecified atom stereocenters. The third-order valence-corrected chi connectivity index (χ3v) is 3.62. The average molecular weight is 336 g/mol. The molecule has 6 nitrogen and oxygen atoms in total. The standard InChI is InChI=1S/C19H20N4O2/c1-2-11-25-19-15(9-6-10-20-19)13-21-18(24)17-12-16(22-23-17)14-7-4-3-5-8-14/h3-10,12H,2,11,13H2,1H3,(H,21,24)(H,22,23). The first-order valence-electron chi connectivity index (χ1n) is 8.23. The normalized spacial score (nSPS) is 10.4. The number of ether oxygens (including phenoxy) is 1. The molecule has 0 saturated heterocycles. The summed E-state index contributed by atoms with van der Waals surface area (Å²) in [6, 6.07) is 15.2. The molecule has 0 bridgehead atoms. The van der Waals surface area contributed by atoms with Crippen molar-refractivity contribution in [3.8, 4) is 17.1 Å². The van der Waals surface area contributed by atoms with Crippen LogP contribution in [0.5, 0.6) is 5.88 Å². The highest BCUT2D eigenvalue weighted by atomic mass is 16.5. The van der Waals surface area contributed by atoms with Gasteiger partial charge >= 0.3 is 0 Å². The zero-order valence-corrected chi connectivity index (χ0v) is 14.0. The van der Waals surface area contributed by atoms with E-state index in [-0.39, 0.29) is 5.91 Å². The minimum absolute atomic E-state index is 0.222. The van der Waals surface area contributed by atoms with E-state index in [0.29, 0.717) is 24.7 Å².